The second-order valence-corrected chi connectivity index (χ2v) is 5.02. The van der Waals surface area contributed by atoms with Gasteiger partial charge in [-0.3, -0.25) is 4.90 Å². The van der Waals surface area contributed by atoms with Gasteiger partial charge in [-0.1, -0.05) is 0 Å². The normalized spacial score (nSPS) is 36.6. The van der Waals surface area contributed by atoms with Gasteiger partial charge >= 0.3 is 0 Å². The Hall–Kier alpha value is -0.160. The van der Waals surface area contributed by atoms with Crippen molar-refractivity contribution in [2.75, 3.05) is 40.0 Å². The molecule has 2 fully saturated rings. The molecule has 4 nitrogen and oxygen atoms in total. The van der Waals surface area contributed by atoms with Crippen LogP contribution in [0.25, 0.3) is 0 Å². The van der Waals surface area contributed by atoms with Crippen LogP contribution >= 0.6 is 0 Å². The predicted octanol–water partition coefficient (Wildman–Crippen LogP) is 0.495. The smallest absolute Gasteiger partial charge is 0.0739 e. The lowest BCUT2D eigenvalue weighted by atomic mass is 9.99. The molecule has 2 saturated heterocycles. The van der Waals surface area contributed by atoms with Crippen LogP contribution in [0.4, 0.5) is 0 Å². The maximum absolute atomic E-state index is 9.92. The number of aliphatic hydroxyl groups is 1. The Morgan fingerprint density at radius 1 is 1.19 bits per heavy atom. The molecule has 16 heavy (non-hydrogen) atoms. The first kappa shape index (κ1) is 12.3. The summed E-state index contributed by atoms with van der Waals surface area (Å²) < 4.78 is 10.9. The van der Waals surface area contributed by atoms with Gasteiger partial charge in [-0.05, 0) is 32.2 Å². The van der Waals surface area contributed by atoms with E-state index in [0.29, 0.717) is 19.1 Å². The molecule has 2 aliphatic heterocycles. The highest BCUT2D eigenvalue weighted by molar-refractivity contribution is 4.81. The van der Waals surface area contributed by atoms with E-state index in [1.54, 1.807) is 0 Å². The average molecular weight is 229 g/mol. The van der Waals surface area contributed by atoms with Crippen LogP contribution in [0, 0.1) is 5.92 Å². The third-order valence-corrected chi connectivity index (χ3v) is 3.66. The largest absolute Gasteiger partial charge is 0.391 e. The molecule has 0 bridgehead atoms. The van der Waals surface area contributed by atoms with Crippen molar-refractivity contribution in [3.63, 3.8) is 0 Å². The van der Waals surface area contributed by atoms with E-state index < -0.39 is 0 Å². The molecule has 0 amide bonds. The molecule has 2 aliphatic rings. The van der Waals surface area contributed by atoms with Crippen LogP contribution in [-0.4, -0.2) is 62.2 Å². The van der Waals surface area contributed by atoms with E-state index in [9.17, 15) is 5.11 Å². The Balaban J connectivity index is 1.78. The van der Waals surface area contributed by atoms with Gasteiger partial charge in [-0.25, -0.2) is 0 Å². The molecule has 4 heteroatoms. The Morgan fingerprint density at radius 3 is 2.69 bits per heavy atom. The first-order valence-corrected chi connectivity index (χ1v) is 6.31. The van der Waals surface area contributed by atoms with Gasteiger partial charge in [0.25, 0.3) is 0 Å². The van der Waals surface area contributed by atoms with Gasteiger partial charge < -0.3 is 14.6 Å². The highest BCUT2D eigenvalue weighted by Crippen LogP contribution is 2.18. The molecule has 2 heterocycles. The summed E-state index contributed by atoms with van der Waals surface area (Å²) >= 11 is 0. The first-order chi connectivity index (χ1) is 7.77. The van der Waals surface area contributed by atoms with Crippen LogP contribution in [0.15, 0.2) is 0 Å². The highest BCUT2D eigenvalue weighted by Gasteiger charge is 2.29. The monoisotopic (exact) mass is 229 g/mol. The number of hydrogen-bond donors (Lipinski definition) is 1. The standard InChI is InChI=1S/C12H23NO3/c1-13(7-10-3-2-5-15-8-10)11-9-16-6-4-12(11)14/h10-12,14H,2-9H2,1H3. The maximum Gasteiger partial charge on any atom is 0.0739 e. The van der Waals surface area contributed by atoms with Crippen molar-refractivity contribution in [1.29, 1.82) is 0 Å². The van der Waals surface area contributed by atoms with Crippen molar-refractivity contribution < 1.29 is 14.6 Å². The van der Waals surface area contributed by atoms with E-state index in [4.69, 9.17) is 9.47 Å². The summed E-state index contributed by atoms with van der Waals surface area (Å²) in [7, 11) is 2.08. The quantitative estimate of drug-likeness (QED) is 0.765. The SMILES string of the molecule is CN(CC1CCCOC1)C1COCCC1O. The fourth-order valence-corrected chi connectivity index (χ4v) is 2.63. The van der Waals surface area contributed by atoms with Gasteiger partial charge in [-0.2, -0.15) is 0 Å². The van der Waals surface area contributed by atoms with E-state index in [1.165, 1.54) is 12.8 Å². The third kappa shape index (κ3) is 3.17. The summed E-state index contributed by atoms with van der Waals surface area (Å²) in [5, 5.41) is 9.92. The zero-order valence-electron chi connectivity index (χ0n) is 10.1. The molecule has 2 rings (SSSR count). The van der Waals surface area contributed by atoms with Crippen molar-refractivity contribution in [2.24, 2.45) is 5.92 Å². The number of rotatable bonds is 3. The van der Waals surface area contributed by atoms with Gasteiger partial charge in [-0.15, -0.1) is 0 Å². The van der Waals surface area contributed by atoms with Crippen molar-refractivity contribution >= 4 is 0 Å². The summed E-state index contributed by atoms with van der Waals surface area (Å²) in [6.07, 6.45) is 2.94. The fourth-order valence-electron chi connectivity index (χ4n) is 2.63. The zero-order chi connectivity index (χ0) is 11.4. The van der Waals surface area contributed by atoms with E-state index >= 15 is 0 Å². The lowest BCUT2D eigenvalue weighted by Gasteiger charge is -2.37. The predicted molar refractivity (Wildman–Crippen MR) is 61.4 cm³/mol. The first-order valence-electron chi connectivity index (χ1n) is 6.31. The van der Waals surface area contributed by atoms with Crippen LogP contribution in [0.1, 0.15) is 19.3 Å². The number of nitrogens with zero attached hydrogens (tertiary/aromatic N) is 1. The number of likely N-dealkylation sites (N-methyl/N-ethyl adjacent to an activating group) is 1. The summed E-state index contributed by atoms with van der Waals surface area (Å²) in [5.41, 5.74) is 0. The van der Waals surface area contributed by atoms with Crippen LogP contribution in [0.3, 0.4) is 0 Å². The summed E-state index contributed by atoms with van der Waals surface area (Å²) in [6, 6.07) is 0.163. The second kappa shape index (κ2) is 5.96. The van der Waals surface area contributed by atoms with Crippen LogP contribution in [0.2, 0.25) is 0 Å². The minimum atomic E-state index is -0.233. The molecular weight excluding hydrogens is 206 g/mol. The summed E-state index contributed by atoms with van der Waals surface area (Å²) in [6.45, 7) is 4.14. The molecule has 94 valence electrons. The molecule has 0 radical (unpaired) electrons. The highest BCUT2D eigenvalue weighted by atomic mass is 16.5. The molecule has 0 aromatic heterocycles. The average Bonchev–Trinajstić information content (AvgIpc) is 2.31. The Kier molecular flexibility index (Phi) is 4.58. The van der Waals surface area contributed by atoms with Crippen molar-refractivity contribution in [3.8, 4) is 0 Å². The molecule has 0 spiro atoms. The Labute approximate surface area is 97.5 Å². The van der Waals surface area contributed by atoms with E-state index in [2.05, 4.69) is 11.9 Å². The van der Waals surface area contributed by atoms with Crippen LogP contribution < -0.4 is 0 Å². The van der Waals surface area contributed by atoms with Gasteiger partial charge in [0, 0.05) is 19.8 Å². The van der Waals surface area contributed by atoms with Gasteiger partial charge in [0.2, 0.25) is 0 Å². The third-order valence-electron chi connectivity index (χ3n) is 3.66. The molecule has 1 N–H and O–H groups in total. The van der Waals surface area contributed by atoms with Gasteiger partial charge in [0.1, 0.15) is 0 Å². The maximum atomic E-state index is 9.92. The van der Waals surface area contributed by atoms with Crippen LogP contribution in [0.5, 0.6) is 0 Å². The summed E-state index contributed by atoms with van der Waals surface area (Å²) in [5.74, 6) is 0.618. The Bertz CT molecular complexity index is 206. The lowest BCUT2D eigenvalue weighted by molar-refractivity contribution is -0.0631. The molecule has 0 aliphatic carbocycles. The van der Waals surface area contributed by atoms with Crippen molar-refractivity contribution in [1.82, 2.24) is 4.90 Å². The topological polar surface area (TPSA) is 41.9 Å². The van der Waals surface area contributed by atoms with E-state index in [0.717, 1.165) is 26.2 Å². The molecule has 0 aromatic rings. The Morgan fingerprint density at radius 2 is 2.00 bits per heavy atom. The number of ether oxygens (including phenoxy) is 2. The molecule has 3 unspecified atom stereocenters. The number of aliphatic hydroxyl groups excluding tert-OH is 1. The molecule has 0 saturated carbocycles. The minimum absolute atomic E-state index is 0.163. The zero-order valence-corrected chi connectivity index (χ0v) is 10.1. The van der Waals surface area contributed by atoms with Crippen molar-refractivity contribution in [2.45, 2.75) is 31.4 Å². The fraction of sp³-hybridized carbons (Fsp3) is 1.00. The van der Waals surface area contributed by atoms with Crippen molar-refractivity contribution in [3.05, 3.63) is 0 Å². The number of hydrogen-bond acceptors (Lipinski definition) is 4. The van der Waals surface area contributed by atoms with E-state index in [-0.39, 0.29) is 12.1 Å². The molecule has 0 aromatic carbocycles. The summed E-state index contributed by atoms with van der Waals surface area (Å²) in [4.78, 5) is 2.24. The molecule has 3 atom stereocenters. The van der Waals surface area contributed by atoms with Gasteiger partial charge in [0.15, 0.2) is 0 Å². The second-order valence-electron chi connectivity index (χ2n) is 5.02. The minimum Gasteiger partial charge on any atom is -0.391 e. The lowest BCUT2D eigenvalue weighted by Crippen LogP contribution is -2.50. The van der Waals surface area contributed by atoms with Gasteiger partial charge in [0.05, 0.1) is 25.4 Å². The molecular formula is C12H23NO3. The van der Waals surface area contributed by atoms with E-state index in [1.807, 2.05) is 0 Å². The van der Waals surface area contributed by atoms with Crippen LogP contribution in [-0.2, 0) is 9.47 Å².